The van der Waals surface area contributed by atoms with Crippen LogP contribution in [0, 0.1) is 0 Å². The van der Waals surface area contributed by atoms with E-state index in [2.05, 4.69) is 24.3 Å². The van der Waals surface area contributed by atoms with Gasteiger partial charge in [0, 0.05) is 25.8 Å². The normalized spacial score (nSPS) is 17.1. The van der Waals surface area contributed by atoms with Crippen molar-refractivity contribution in [1.29, 1.82) is 0 Å². The molecule has 0 fully saturated rings. The lowest BCUT2D eigenvalue weighted by Gasteiger charge is -2.25. The molecule has 2 unspecified atom stereocenters. The summed E-state index contributed by atoms with van der Waals surface area (Å²) in [5, 5.41) is 17.5. The van der Waals surface area contributed by atoms with Crippen LogP contribution in [0.2, 0.25) is 0 Å². The molecule has 1 rings (SSSR count). The number of nitrogens with zero attached hydrogens (tertiary/aromatic N) is 2. The van der Waals surface area contributed by atoms with Crippen LogP contribution in [-0.4, -0.2) is 27.0 Å². The summed E-state index contributed by atoms with van der Waals surface area (Å²) >= 11 is 0. The highest BCUT2D eigenvalue weighted by Crippen LogP contribution is 2.14. The second-order valence-corrected chi connectivity index (χ2v) is 4.73. The van der Waals surface area contributed by atoms with E-state index in [1.54, 1.807) is 6.20 Å². The standard InChI is InChI=1S/C12H23N3O/c1-5-7-12(3,16)9-13-10(2)11-6-8-14-15(11)4/h6,8,10,13,16H,5,7,9H2,1-4H3. The minimum Gasteiger partial charge on any atom is -0.389 e. The lowest BCUT2D eigenvalue weighted by molar-refractivity contribution is 0.0474. The number of aromatic nitrogens is 2. The van der Waals surface area contributed by atoms with Gasteiger partial charge in [0.25, 0.3) is 0 Å². The van der Waals surface area contributed by atoms with Gasteiger partial charge in [-0.2, -0.15) is 5.10 Å². The van der Waals surface area contributed by atoms with E-state index in [0.29, 0.717) is 6.54 Å². The zero-order valence-corrected chi connectivity index (χ0v) is 10.7. The molecule has 0 aromatic carbocycles. The zero-order chi connectivity index (χ0) is 12.2. The Morgan fingerprint density at radius 1 is 1.62 bits per heavy atom. The molecule has 1 aromatic heterocycles. The van der Waals surface area contributed by atoms with E-state index in [4.69, 9.17) is 0 Å². The fraction of sp³-hybridized carbons (Fsp3) is 0.750. The summed E-state index contributed by atoms with van der Waals surface area (Å²) in [6.45, 7) is 6.64. The van der Waals surface area contributed by atoms with Crippen molar-refractivity contribution in [3.05, 3.63) is 18.0 Å². The minimum absolute atomic E-state index is 0.204. The molecule has 16 heavy (non-hydrogen) atoms. The van der Waals surface area contributed by atoms with Crippen LogP contribution in [0.5, 0.6) is 0 Å². The fourth-order valence-corrected chi connectivity index (χ4v) is 1.91. The van der Waals surface area contributed by atoms with Crippen molar-refractivity contribution in [2.45, 2.75) is 45.3 Å². The van der Waals surface area contributed by atoms with Crippen LogP contribution in [0.15, 0.2) is 12.3 Å². The van der Waals surface area contributed by atoms with Crippen LogP contribution in [0.25, 0.3) is 0 Å². The Bertz CT molecular complexity index is 320. The summed E-state index contributed by atoms with van der Waals surface area (Å²) in [6, 6.07) is 2.20. The average Bonchev–Trinajstić information content (AvgIpc) is 2.61. The largest absolute Gasteiger partial charge is 0.389 e. The van der Waals surface area contributed by atoms with E-state index < -0.39 is 5.60 Å². The van der Waals surface area contributed by atoms with Crippen molar-refractivity contribution in [2.75, 3.05) is 6.54 Å². The number of hydrogen-bond acceptors (Lipinski definition) is 3. The number of hydrogen-bond donors (Lipinski definition) is 2. The maximum Gasteiger partial charge on any atom is 0.0743 e. The molecule has 92 valence electrons. The first-order valence-corrected chi connectivity index (χ1v) is 5.90. The summed E-state index contributed by atoms with van der Waals surface area (Å²) in [5.74, 6) is 0. The number of rotatable bonds is 6. The molecule has 0 saturated carbocycles. The Morgan fingerprint density at radius 2 is 2.31 bits per heavy atom. The molecule has 0 aliphatic carbocycles. The van der Waals surface area contributed by atoms with Crippen LogP contribution in [0.3, 0.4) is 0 Å². The summed E-state index contributed by atoms with van der Waals surface area (Å²) < 4.78 is 1.85. The Kier molecular flexibility index (Phi) is 4.50. The van der Waals surface area contributed by atoms with Crippen molar-refractivity contribution >= 4 is 0 Å². The van der Waals surface area contributed by atoms with Gasteiger partial charge in [0.1, 0.15) is 0 Å². The monoisotopic (exact) mass is 225 g/mol. The highest BCUT2D eigenvalue weighted by molar-refractivity contribution is 5.05. The number of aliphatic hydroxyl groups is 1. The van der Waals surface area contributed by atoms with Gasteiger partial charge >= 0.3 is 0 Å². The van der Waals surface area contributed by atoms with E-state index in [0.717, 1.165) is 18.5 Å². The molecule has 0 amide bonds. The zero-order valence-electron chi connectivity index (χ0n) is 10.7. The summed E-state index contributed by atoms with van der Waals surface area (Å²) in [7, 11) is 1.93. The average molecular weight is 225 g/mol. The predicted octanol–water partition coefficient (Wildman–Crippen LogP) is 1.62. The molecule has 1 heterocycles. The fourth-order valence-electron chi connectivity index (χ4n) is 1.91. The third-order valence-electron chi connectivity index (χ3n) is 2.88. The molecule has 2 N–H and O–H groups in total. The molecule has 2 atom stereocenters. The van der Waals surface area contributed by atoms with Gasteiger partial charge < -0.3 is 10.4 Å². The number of aryl methyl sites for hydroxylation is 1. The molecular formula is C12H23N3O. The minimum atomic E-state index is -0.623. The van der Waals surface area contributed by atoms with E-state index in [1.165, 1.54) is 0 Å². The smallest absolute Gasteiger partial charge is 0.0743 e. The van der Waals surface area contributed by atoms with E-state index >= 15 is 0 Å². The van der Waals surface area contributed by atoms with Crippen molar-refractivity contribution in [1.82, 2.24) is 15.1 Å². The topological polar surface area (TPSA) is 50.1 Å². The van der Waals surface area contributed by atoms with Gasteiger partial charge in [0.15, 0.2) is 0 Å². The third-order valence-corrected chi connectivity index (χ3v) is 2.88. The summed E-state index contributed by atoms with van der Waals surface area (Å²) in [4.78, 5) is 0. The molecule has 0 radical (unpaired) electrons. The van der Waals surface area contributed by atoms with Gasteiger partial charge in [0.05, 0.1) is 11.3 Å². The van der Waals surface area contributed by atoms with Crippen LogP contribution in [-0.2, 0) is 7.05 Å². The lowest BCUT2D eigenvalue weighted by atomic mass is 10.0. The first-order chi connectivity index (χ1) is 7.46. The Morgan fingerprint density at radius 3 is 2.81 bits per heavy atom. The molecule has 0 aliphatic rings. The first kappa shape index (κ1) is 13.2. The molecule has 4 nitrogen and oxygen atoms in total. The summed E-state index contributed by atoms with van der Waals surface area (Å²) in [6.07, 6.45) is 3.60. The van der Waals surface area contributed by atoms with Crippen molar-refractivity contribution in [2.24, 2.45) is 7.05 Å². The molecule has 0 bridgehead atoms. The quantitative estimate of drug-likeness (QED) is 0.773. The Labute approximate surface area is 97.7 Å². The molecular weight excluding hydrogens is 202 g/mol. The molecule has 0 aliphatic heterocycles. The van der Waals surface area contributed by atoms with Crippen molar-refractivity contribution in [3.8, 4) is 0 Å². The summed E-state index contributed by atoms with van der Waals surface area (Å²) in [5.41, 5.74) is 0.508. The van der Waals surface area contributed by atoms with Crippen LogP contribution < -0.4 is 5.32 Å². The van der Waals surface area contributed by atoms with Gasteiger partial charge in [0.2, 0.25) is 0 Å². The van der Waals surface area contributed by atoms with Crippen molar-refractivity contribution in [3.63, 3.8) is 0 Å². The van der Waals surface area contributed by atoms with Gasteiger partial charge in [-0.25, -0.2) is 0 Å². The molecule has 0 spiro atoms. The van der Waals surface area contributed by atoms with Gasteiger partial charge in [-0.15, -0.1) is 0 Å². The third kappa shape index (κ3) is 3.61. The van der Waals surface area contributed by atoms with Crippen LogP contribution >= 0.6 is 0 Å². The molecule has 4 heteroatoms. The SMILES string of the molecule is CCCC(C)(O)CNC(C)c1ccnn1C. The van der Waals surface area contributed by atoms with Crippen molar-refractivity contribution < 1.29 is 5.11 Å². The number of nitrogens with one attached hydrogen (secondary N) is 1. The molecule has 0 saturated heterocycles. The maximum absolute atomic E-state index is 10.0. The molecule has 1 aromatic rings. The van der Waals surface area contributed by atoms with Gasteiger partial charge in [-0.1, -0.05) is 13.3 Å². The van der Waals surface area contributed by atoms with E-state index in [9.17, 15) is 5.11 Å². The van der Waals surface area contributed by atoms with Gasteiger partial charge in [-0.05, 0) is 26.3 Å². The Hall–Kier alpha value is -0.870. The van der Waals surface area contributed by atoms with Crippen LogP contribution in [0.1, 0.15) is 45.3 Å². The Balaban J connectivity index is 2.47. The maximum atomic E-state index is 10.0. The highest BCUT2D eigenvalue weighted by atomic mass is 16.3. The van der Waals surface area contributed by atoms with E-state index in [1.807, 2.05) is 24.7 Å². The van der Waals surface area contributed by atoms with Gasteiger partial charge in [-0.3, -0.25) is 4.68 Å². The highest BCUT2D eigenvalue weighted by Gasteiger charge is 2.20. The predicted molar refractivity (Wildman–Crippen MR) is 65.2 cm³/mol. The van der Waals surface area contributed by atoms with Crippen LogP contribution in [0.4, 0.5) is 0 Å². The lowest BCUT2D eigenvalue weighted by Crippen LogP contribution is -2.39. The van der Waals surface area contributed by atoms with E-state index in [-0.39, 0.29) is 6.04 Å². The second kappa shape index (κ2) is 5.46. The first-order valence-electron chi connectivity index (χ1n) is 5.90. The second-order valence-electron chi connectivity index (χ2n) is 4.73.